The van der Waals surface area contributed by atoms with E-state index in [0.717, 1.165) is 16.8 Å². The molecule has 21 heavy (non-hydrogen) atoms. The summed E-state index contributed by atoms with van der Waals surface area (Å²) in [6.45, 7) is 2.62. The number of methoxy groups -OCH3 is 1. The molecule has 0 radical (unpaired) electrons. The van der Waals surface area contributed by atoms with E-state index in [1.165, 1.54) is 12.8 Å². The topological polar surface area (TPSA) is 67.0 Å². The molecule has 2 N–H and O–H groups in total. The SMILES string of the molecule is COc1cc(C)ccc1-c1nc(CNC2CC2)cc(=O)[nH]1. The van der Waals surface area contributed by atoms with Gasteiger partial charge in [0.2, 0.25) is 0 Å². The van der Waals surface area contributed by atoms with Crippen molar-refractivity contribution in [2.45, 2.75) is 32.4 Å². The first-order valence-corrected chi connectivity index (χ1v) is 7.14. The maximum atomic E-state index is 11.8. The number of hydrogen-bond acceptors (Lipinski definition) is 4. The zero-order chi connectivity index (χ0) is 14.8. The Morgan fingerprint density at radius 2 is 2.19 bits per heavy atom. The van der Waals surface area contributed by atoms with Crippen molar-refractivity contribution in [3.63, 3.8) is 0 Å². The Labute approximate surface area is 123 Å². The molecule has 0 amide bonds. The molecule has 0 unspecified atom stereocenters. The molecule has 1 heterocycles. The summed E-state index contributed by atoms with van der Waals surface area (Å²) in [5, 5.41) is 3.37. The number of aryl methyl sites for hydroxylation is 1. The molecule has 5 heteroatoms. The summed E-state index contributed by atoms with van der Waals surface area (Å²) in [6, 6.07) is 7.96. The zero-order valence-corrected chi connectivity index (χ0v) is 12.3. The highest BCUT2D eigenvalue weighted by molar-refractivity contribution is 5.64. The molecule has 1 aliphatic rings. The second-order valence-corrected chi connectivity index (χ2v) is 5.44. The summed E-state index contributed by atoms with van der Waals surface area (Å²) in [7, 11) is 1.62. The lowest BCUT2D eigenvalue weighted by atomic mass is 10.1. The summed E-state index contributed by atoms with van der Waals surface area (Å²) in [5.74, 6) is 1.26. The maximum Gasteiger partial charge on any atom is 0.251 e. The molecule has 2 aromatic rings. The number of aromatic amines is 1. The van der Waals surface area contributed by atoms with Crippen LogP contribution in [0.5, 0.6) is 5.75 Å². The van der Waals surface area contributed by atoms with Crippen LogP contribution in [0.2, 0.25) is 0 Å². The van der Waals surface area contributed by atoms with Crippen LogP contribution in [0.15, 0.2) is 29.1 Å². The highest BCUT2D eigenvalue weighted by Gasteiger charge is 2.20. The van der Waals surface area contributed by atoms with Crippen LogP contribution >= 0.6 is 0 Å². The molecule has 1 aliphatic carbocycles. The molecule has 5 nitrogen and oxygen atoms in total. The van der Waals surface area contributed by atoms with Gasteiger partial charge in [-0.25, -0.2) is 4.98 Å². The van der Waals surface area contributed by atoms with Crippen molar-refractivity contribution in [2.24, 2.45) is 0 Å². The van der Waals surface area contributed by atoms with Gasteiger partial charge in [-0.05, 0) is 37.5 Å². The Bertz CT molecular complexity index is 705. The minimum atomic E-state index is -0.143. The number of H-pyrrole nitrogens is 1. The average Bonchev–Trinajstić information content (AvgIpc) is 3.28. The Kier molecular flexibility index (Phi) is 3.75. The number of benzene rings is 1. The van der Waals surface area contributed by atoms with Crippen molar-refractivity contribution in [1.82, 2.24) is 15.3 Å². The molecule has 110 valence electrons. The number of aromatic nitrogens is 2. The second kappa shape index (κ2) is 5.69. The van der Waals surface area contributed by atoms with Crippen LogP contribution in [-0.2, 0) is 6.54 Å². The first-order valence-electron chi connectivity index (χ1n) is 7.14. The lowest BCUT2D eigenvalue weighted by Gasteiger charge is -2.10. The minimum Gasteiger partial charge on any atom is -0.496 e. The van der Waals surface area contributed by atoms with Crippen LogP contribution in [0.1, 0.15) is 24.1 Å². The fourth-order valence-corrected chi connectivity index (χ4v) is 2.26. The van der Waals surface area contributed by atoms with Crippen LogP contribution in [0, 0.1) is 6.92 Å². The fraction of sp³-hybridized carbons (Fsp3) is 0.375. The van der Waals surface area contributed by atoms with E-state index in [9.17, 15) is 4.79 Å². The van der Waals surface area contributed by atoms with Crippen LogP contribution in [0.25, 0.3) is 11.4 Å². The van der Waals surface area contributed by atoms with Gasteiger partial charge in [0.1, 0.15) is 11.6 Å². The first kappa shape index (κ1) is 13.8. The first-order chi connectivity index (χ1) is 10.2. The van der Waals surface area contributed by atoms with Crippen molar-refractivity contribution in [2.75, 3.05) is 7.11 Å². The van der Waals surface area contributed by atoms with Crippen molar-refractivity contribution < 1.29 is 4.74 Å². The number of ether oxygens (including phenoxy) is 1. The standard InChI is InChI=1S/C16H19N3O2/c1-10-3-6-13(14(7-10)21-2)16-18-12(8-15(20)19-16)9-17-11-4-5-11/h3,6-8,11,17H,4-5,9H2,1-2H3,(H,18,19,20). The van der Waals surface area contributed by atoms with E-state index in [1.807, 2.05) is 25.1 Å². The molecule has 0 bridgehead atoms. The molecule has 0 spiro atoms. The summed E-state index contributed by atoms with van der Waals surface area (Å²) in [4.78, 5) is 19.2. The average molecular weight is 285 g/mol. The van der Waals surface area contributed by atoms with E-state index >= 15 is 0 Å². The van der Waals surface area contributed by atoms with E-state index in [2.05, 4.69) is 15.3 Å². The van der Waals surface area contributed by atoms with Gasteiger partial charge in [0.05, 0.1) is 18.4 Å². The van der Waals surface area contributed by atoms with E-state index < -0.39 is 0 Å². The monoisotopic (exact) mass is 285 g/mol. The molecule has 1 aromatic heterocycles. The van der Waals surface area contributed by atoms with E-state index in [1.54, 1.807) is 13.2 Å². The van der Waals surface area contributed by atoms with Gasteiger partial charge in [-0.15, -0.1) is 0 Å². The van der Waals surface area contributed by atoms with E-state index in [0.29, 0.717) is 24.2 Å². The summed E-state index contributed by atoms with van der Waals surface area (Å²) in [6.07, 6.45) is 2.42. The molecule has 1 aromatic carbocycles. The Morgan fingerprint density at radius 1 is 1.38 bits per heavy atom. The van der Waals surface area contributed by atoms with Gasteiger partial charge < -0.3 is 15.0 Å². The molecule has 1 saturated carbocycles. The lowest BCUT2D eigenvalue weighted by Crippen LogP contribution is -2.19. The summed E-state index contributed by atoms with van der Waals surface area (Å²) >= 11 is 0. The highest BCUT2D eigenvalue weighted by atomic mass is 16.5. The normalized spacial score (nSPS) is 14.2. The minimum absolute atomic E-state index is 0.143. The number of rotatable bonds is 5. The van der Waals surface area contributed by atoms with Crippen LogP contribution in [0.3, 0.4) is 0 Å². The number of nitrogens with zero attached hydrogens (tertiary/aromatic N) is 1. The molecule has 1 fully saturated rings. The van der Waals surface area contributed by atoms with Crippen LogP contribution in [0.4, 0.5) is 0 Å². The van der Waals surface area contributed by atoms with Gasteiger partial charge in [-0.1, -0.05) is 6.07 Å². The Hall–Kier alpha value is -2.14. The summed E-state index contributed by atoms with van der Waals surface area (Å²) in [5.41, 5.74) is 2.51. The zero-order valence-electron chi connectivity index (χ0n) is 12.3. The third-order valence-electron chi connectivity index (χ3n) is 3.56. The van der Waals surface area contributed by atoms with Crippen LogP contribution in [-0.4, -0.2) is 23.1 Å². The van der Waals surface area contributed by atoms with Crippen LogP contribution < -0.4 is 15.6 Å². The predicted octanol–water partition coefficient (Wildman–Crippen LogP) is 2.01. The molecule has 0 atom stereocenters. The smallest absolute Gasteiger partial charge is 0.251 e. The largest absolute Gasteiger partial charge is 0.496 e. The van der Waals surface area contributed by atoms with Gasteiger partial charge in [0, 0.05) is 18.7 Å². The Balaban J connectivity index is 1.95. The molecule has 0 aliphatic heterocycles. The van der Waals surface area contributed by atoms with Crippen molar-refractivity contribution in [3.8, 4) is 17.1 Å². The van der Waals surface area contributed by atoms with Crippen molar-refractivity contribution >= 4 is 0 Å². The van der Waals surface area contributed by atoms with Gasteiger partial charge in [-0.3, -0.25) is 4.79 Å². The third-order valence-corrected chi connectivity index (χ3v) is 3.56. The lowest BCUT2D eigenvalue weighted by molar-refractivity contribution is 0.416. The summed E-state index contributed by atoms with van der Waals surface area (Å²) < 4.78 is 5.39. The van der Waals surface area contributed by atoms with Crippen molar-refractivity contribution in [3.05, 3.63) is 45.9 Å². The quantitative estimate of drug-likeness (QED) is 0.882. The highest BCUT2D eigenvalue weighted by Crippen LogP contribution is 2.27. The molecular formula is C16H19N3O2. The van der Waals surface area contributed by atoms with E-state index in [4.69, 9.17) is 4.74 Å². The van der Waals surface area contributed by atoms with Gasteiger partial charge >= 0.3 is 0 Å². The second-order valence-electron chi connectivity index (χ2n) is 5.44. The molecule has 0 saturated heterocycles. The number of hydrogen-bond donors (Lipinski definition) is 2. The van der Waals surface area contributed by atoms with Crippen molar-refractivity contribution in [1.29, 1.82) is 0 Å². The number of nitrogens with one attached hydrogen (secondary N) is 2. The van der Waals surface area contributed by atoms with Gasteiger partial charge in [-0.2, -0.15) is 0 Å². The Morgan fingerprint density at radius 3 is 2.90 bits per heavy atom. The third kappa shape index (κ3) is 3.31. The molecule has 3 rings (SSSR count). The molecular weight excluding hydrogens is 266 g/mol. The van der Waals surface area contributed by atoms with Gasteiger partial charge in [0.15, 0.2) is 0 Å². The maximum absolute atomic E-state index is 11.8. The van der Waals surface area contributed by atoms with E-state index in [-0.39, 0.29) is 5.56 Å². The predicted molar refractivity (Wildman–Crippen MR) is 81.4 cm³/mol. The van der Waals surface area contributed by atoms with Gasteiger partial charge in [0.25, 0.3) is 5.56 Å². The fourth-order valence-electron chi connectivity index (χ4n) is 2.26.